The Hall–Kier alpha value is -2.48. The quantitative estimate of drug-likeness (QED) is 0.539. The number of fused-ring (bicyclic) bond motifs is 3. The van der Waals surface area contributed by atoms with Gasteiger partial charge in [-0.15, -0.1) is 5.10 Å². The number of hydrogen-bond acceptors (Lipinski definition) is 4. The van der Waals surface area contributed by atoms with Crippen molar-refractivity contribution in [2.24, 2.45) is 0 Å². The number of para-hydroxylation sites is 1. The largest absolute Gasteiger partial charge is 0.234 e. The van der Waals surface area contributed by atoms with Crippen molar-refractivity contribution in [2.45, 2.75) is 0 Å². The van der Waals surface area contributed by atoms with Gasteiger partial charge < -0.3 is 0 Å². The first-order chi connectivity index (χ1) is 7.40. The maximum atomic E-state index is 8.79. The summed E-state index contributed by atoms with van der Waals surface area (Å²) in [7, 11) is 0. The van der Waals surface area contributed by atoms with Crippen molar-refractivity contribution < 1.29 is 0 Å². The van der Waals surface area contributed by atoms with E-state index in [1.54, 1.807) is 10.7 Å². The predicted octanol–water partition coefficient (Wildman–Crippen LogP) is 1.15. The highest BCUT2D eigenvalue weighted by atomic mass is 15.4. The lowest BCUT2D eigenvalue weighted by molar-refractivity contribution is 0.873. The predicted molar refractivity (Wildman–Crippen MR) is 53.0 cm³/mol. The molecule has 0 amide bonds. The molecule has 0 unspecified atom stereocenters. The number of benzene rings is 1. The van der Waals surface area contributed by atoms with E-state index in [2.05, 4.69) is 15.3 Å². The zero-order valence-electron chi connectivity index (χ0n) is 7.62. The van der Waals surface area contributed by atoms with Crippen LogP contribution in [0.1, 0.15) is 5.69 Å². The van der Waals surface area contributed by atoms with Gasteiger partial charge in [-0.2, -0.15) is 9.78 Å². The highest BCUT2D eigenvalue weighted by molar-refractivity contribution is 5.80. The summed E-state index contributed by atoms with van der Waals surface area (Å²) in [6.45, 7) is 0. The van der Waals surface area contributed by atoms with E-state index in [0.29, 0.717) is 5.65 Å². The van der Waals surface area contributed by atoms with Crippen LogP contribution in [0.4, 0.5) is 0 Å². The van der Waals surface area contributed by atoms with Gasteiger partial charge in [0.2, 0.25) is 5.69 Å². The molecule has 0 fully saturated rings. The molecular weight excluding hydrogens is 190 g/mol. The molecule has 15 heavy (non-hydrogen) atoms. The van der Waals surface area contributed by atoms with Crippen molar-refractivity contribution in [1.82, 2.24) is 19.8 Å². The molecule has 0 spiro atoms. The summed E-state index contributed by atoms with van der Waals surface area (Å²) in [6.07, 6.45) is 1.72. The Balaban J connectivity index is 2.57. The van der Waals surface area contributed by atoms with E-state index in [4.69, 9.17) is 5.26 Å². The second-order valence-electron chi connectivity index (χ2n) is 3.10. The lowest BCUT2D eigenvalue weighted by Gasteiger charge is -1.97. The van der Waals surface area contributed by atoms with Crippen LogP contribution in [0.25, 0.3) is 16.6 Å². The number of nitrogens with zero attached hydrogens (tertiary/aromatic N) is 5. The fraction of sp³-hybridized carbons (Fsp3) is 0. The number of aromatic nitrogens is 4. The monoisotopic (exact) mass is 195 g/mol. The van der Waals surface area contributed by atoms with E-state index in [-0.39, 0.29) is 5.69 Å². The Morgan fingerprint density at radius 1 is 1.27 bits per heavy atom. The molecule has 0 radical (unpaired) electrons. The SMILES string of the molecule is N#Cc1nnn2c1ncc1ccccc12. The molecule has 0 aliphatic rings. The van der Waals surface area contributed by atoms with Gasteiger partial charge in [-0.3, -0.25) is 0 Å². The van der Waals surface area contributed by atoms with Crippen LogP contribution in [-0.2, 0) is 0 Å². The lowest BCUT2D eigenvalue weighted by Crippen LogP contribution is -1.92. The smallest absolute Gasteiger partial charge is 0.209 e. The second kappa shape index (κ2) is 2.75. The van der Waals surface area contributed by atoms with Gasteiger partial charge in [0.25, 0.3) is 0 Å². The molecule has 0 saturated carbocycles. The average molecular weight is 195 g/mol. The molecule has 0 N–H and O–H groups in total. The summed E-state index contributed by atoms with van der Waals surface area (Å²) in [6, 6.07) is 9.65. The summed E-state index contributed by atoms with van der Waals surface area (Å²) in [5, 5.41) is 17.4. The molecule has 0 aliphatic heterocycles. The summed E-state index contributed by atoms with van der Waals surface area (Å²) in [5.41, 5.74) is 1.65. The van der Waals surface area contributed by atoms with Gasteiger partial charge in [0, 0.05) is 11.6 Å². The number of hydrogen-bond donors (Lipinski definition) is 0. The summed E-state index contributed by atoms with van der Waals surface area (Å²) < 4.78 is 1.58. The standard InChI is InChI=1S/C10H5N5/c11-5-8-10-12-6-7-3-1-2-4-9(7)15(10)14-13-8/h1-4,6H. The maximum absolute atomic E-state index is 8.79. The van der Waals surface area contributed by atoms with Crippen LogP contribution in [0.15, 0.2) is 30.5 Å². The second-order valence-corrected chi connectivity index (χ2v) is 3.10. The van der Waals surface area contributed by atoms with E-state index >= 15 is 0 Å². The van der Waals surface area contributed by atoms with Crippen molar-refractivity contribution in [3.05, 3.63) is 36.2 Å². The zero-order valence-corrected chi connectivity index (χ0v) is 7.62. The van der Waals surface area contributed by atoms with Gasteiger partial charge in [-0.1, -0.05) is 23.4 Å². The van der Waals surface area contributed by atoms with Crippen LogP contribution < -0.4 is 0 Å². The Kier molecular flexibility index (Phi) is 1.45. The normalized spacial score (nSPS) is 10.6. The van der Waals surface area contributed by atoms with Crippen molar-refractivity contribution in [1.29, 1.82) is 5.26 Å². The summed E-state index contributed by atoms with van der Waals surface area (Å²) in [5.74, 6) is 0. The average Bonchev–Trinajstić information content (AvgIpc) is 2.72. The summed E-state index contributed by atoms with van der Waals surface area (Å²) in [4.78, 5) is 4.16. The molecule has 0 aliphatic carbocycles. The Labute approximate surface area is 84.6 Å². The highest BCUT2D eigenvalue weighted by Crippen LogP contribution is 2.14. The van der Waals surface area contributed by atoms with Crippen LogP contribution in [0, 0.1) is 11.3 Å². The first kappa shape index (κ1) is 7.88. The molecular formula is C10H5N5. The third kappa shape index (κ3) is 0.987. The van der Waals surface area contributed by atoms with Crippen LogP contribution in [0.3, 0.4) is 0 Å². The molecule has 2 aromatic heterocycles. The lowest BCUT2D eigenvalue weighted by atomic mass is 10.2. The summed E-state index contributed by atoms with van der Waals surface area (Å²) >= 11 is 0. The topological polar surface area (TPSA) is 66.9 Å². The van der Waals surface area contributed by atoms with Gasteiger partial charge in [-0.05, 0) is 6.07 Å². The maximum Gasteiger partial charge on any atom is 0.209 e. The van der Waals surface area contributed by atoms with Crippen LogP contribution in [0.5, 0.6) is 0 Å². The van der Waals surface area contributed by atoms with Crippen LogP contribution >= 0.6 is 0 Å². The third-order valence-electron chi connectivity index (χ3n) is 2.24. The first-order valence-electron chi connectivity index (χ1n) is 4.39. The number of rotatable bonds is 0. The minimum absolute atomic E-state index is 0.251. The van der Waals surface area contributed by atoms with Crippen molar-refractivity contribution in [3.63, 3.8) is 0 Å². The van der Waals surface area contributed by atoms with E-state index < -0.39 is 0 Å². The van der Waals surface area contributed by atoms with Gasteiger partial charge in [0.15, 0.2) is 5.65 Å². The fourth-order valence-electron chi connectivity index (χ4n) is 1.55. The van der Waals surface area contributed by atoms with Gasteiger partial charge in [0.05, 0.1) is 5.52 Å². The molecule has 0 saturated heterocycles. The van der Waals surface area contributed by atoms with E-state index in [1.807, 2.05) is 30.3 Å². The zero-order chi connectivity index (χ0) is 10.3. The van der Waals surface area contributed by atoms with Crippen molar-refractivity contribution in [2.75, 3.05) is 0 Å². The molecule has 3 aromatic rings. The minimum Gasteiger partial charge on any atom is -0.234 e. The van der Waals surface area contributed by atoms with Gasteiger partial charge in [-0.25, -0.2) is 4.98 Å². The van der Waals surface area contributed by atoms with Crippen LogP contribution in [-0.4, -0.2) is 19.8 Å². The third-order valence-corrected chi connectivity index (χ3v) is 2.24. The van der Waals surface area contributed by atoms with Crippen LogP contribution in [0.2, 0.25) is 0 Å². The molecule has 0 bridgehead atoms. The van der Waals surface area contributed by atoms with Crippen molar-refractivity contribution >= 4 is 16.6 Å². The molecule has 5 heteroatoms. The Bertz CT molecular complexity index is 692. The van der Waals surface area contributed by atoms with Gasteiger partial charge >= 0.3 is 0 Å². The first-order valence-corrected chi connectivity index (χ1v) is 4.39. The highest BCUT2D eigenvalue weighted by Gasteiger charge is 2.08. The molecule has 3 rings (SSSR count). The Morgan fingerprint density at radius 3 is 3.00 bits per heavy atom. The minimum atomic E-state index is 0.251. The number of nitriles is 1. The fourth-order valence-corrected chi connectivity index (χ4v) is 1.55. The van der Waals surface area contributed by atoms with Gasteiger partial charge in [0.1, 0.15) is 6.07 Å². The van der Waals surface area contributed by atoms with Crippen molar-refractivity contribution in [3.8, 4) is 6.07 Å². The molecule has 1 aromatic carbocycles. The molecule has 0 atom stereocenters. The molecule has 5 nitrogen and oxygen atoms in total. The molecule has 70 valence electrons. The van der Waals surface area contributed by atoms with E-state index in [9.17, 15) is 0 Å². The molecule has 2 heterocycles. The van der Waals surface area contributed by atoms with E-state index in [0.717, 1.165) is 10.9 Å². The Morgan fingerprint density at radius 2 is 2.13 bits per heavy atom. The van der Waals surface area contributed by atoms with E-state index in [1.165, 1.54) is 0 Å².